The number of pyridine rings is 1. The number of rotatable bonds is 3. The van der Waals surface area contributed by atoms with Gasteiger partial charge in [-0.3, -0.25) is 19.3 Å². The van der Waals surface area contributed by atoms with Gasteiger partial charge >= 0.3 is 0 Å². The molecule has 0 fully saturated rings. The van der Waals surface area contributed by atoms with Crippen molar-refractivity contribution in [2.75, 3.05) is 4.90 Å². The molecule has 7 heteroatoms. The second kappa shape index (κ2) is 6.46. The summed E-state index contributed by atoms with van der Waals surface area (Å²) >= 11 is 5.93. The molecule has 26 heavy (non-hydrogen) atoms. The maximum absolute atomic E-state index is 12.9. The zero-order valence-electron chi connectivity index (χ0n) is 14.5. The Hall–Kier alpha value is -2.86. The number of aryl methyl sites for hydroxylation is 2. The fraction of sp³-hybridized carbons (Fsp3) is 0.211. The highest BCUT2D eigenvalue weighted by Gasteiger charge is 2.43. The van der Waals surface area contributed by atoms with Crippen molar-refractivity contribution in [2.24, 2.45) is 7.05 Å². The van der Waals surface area contributed by atoms with Gasteiger partial charge in [0.2, 0.25) is 0 Å². The van der Waals surface area contributed by atoms with Crippen molar-refractivity contribution >= 4 is 29.0 Å². The van der Waals surface area contributed by atoms with Gasteiger partial charge in [-0.1, -0.05) is 23.7 Å². The Balaban J connectivity index is 2.22. The van der Waals surface area contributed by atoms with E-state index in [1.807, 2.05) is 0 Å². The van der Waals surface area contributed by atoms with Crippen molar-refractivity contribution in [1.29, 1.82) is 0 Å². The van der Waals surface area contributed by atoms with E-state index < -0.39 is 17.7 Å². The van der Waals surface area contributed by atoms with Crippen LogP contribution in [0.15, 0.2) is 52.7 Å². The molecule has 1 amide bonds. The smallest absolute Gasteiger partial charge is 0.266 e. The number of aliphatic hydroxyl groups excluding tert-OH is 1. The molecule has 0 aliphatic carbocycles. The Morgan fingerprint density at radius 2 is 1.81 bits per heavy atom. The van der Waals surface area contributed by atoms with Crippen LogP contribution in [0, 0.1) is 6.92 Å². The zero-order valence-corrected chi connectivity index (χ0v) is 15.2. The third-order valence-corrected chi connectivity index (χ3v) is 4.62. The number of carbonyl (C=O) groups is 2. The number of nitrogens with zero attached hydrogens (tertiary/aromatic N) is 2. The van der Waals surface area contributed by atoms with Crippen molar-refractivity contribution in [3.63, 3.8) is 0 Å². The molecule has 1 aliphatic heterocycles. The quantitative estimate of drug-likeness (QED) is 0.840. The number of aliphatic hydroxyl groups is 1. The van der Waals surface area contributed by atoms with Gasteiger partial charge in [0.25, 0.3) is 11.5 Å². The first-order valence-corrected chi connectivity index (χ1v) is 8.30. The molecule has 0 saturated heterocycles. The van der Waals surface area contributed by atoms with Crippen molar-refractivity contribution in [2.45, 2.75) is 19.9 Å². The lowest BCUT2D eigenvalue weighted by Gasteiger charge is -2.26. The van der Waals surface area contributed by atoms with Gasteiger partial charge in [0.15, 0.2) is 5.78 Å². The Morgan fingerprint density at radius 1 is 1.19 bits per heavy atom. The van der Waals surface area contributed by atoms with Gasteiger partial charge in [0.1, 0.15) is 17.4 Å². The standard InChI is InChI=1S/C19H17ClN2O4/c1-10-8-14(9-21(3)18(10)25)22-16(12-4-6-13(20)7-5-12)17(24)15(11(2)23)19(22)26/h4-9,16,24H,1-3H3. The highest BCUT2D eigenvalue weighted by molar-refractivity contribution is 6.30. The molecule has 1 N–H and O–H groups in total. The molecule has 1 aromatic carbocycles. The number of anilines is 1. The summed E-state index contributed by atoms with van der Waals surface area (Å²) in [6.07, 6.45) is 1.51. The van der Waals surface area contributed by atoms with E-state index in [0.717, 1.165) is 0 Å². The maximum Gasteiger partial charge on any atom is 0.266 e. The van der Waals surface area contributed by atoms with Crippen molar-refractivity contribution in [3.05, 3.63) is 74.4 Å². The van der Waals surface area contributed by atoms with Crippen LogP contribution in [0.5, 0.6) is 0 Å². The van der Waals surface area contributed by atoms with Gasteiger partial charge in [-0.2, -0.15) is 0 Å². The second-order valence-electron chi connectivity index (χ2n) is 6.24. The van der Waals surface area contributed by atoms with Crippen LogP contribution in [-0.4, -0.2) is 21.4 Å². The van der Waals surface area contributed by atoms with Crippen molar-refractivity contribution < 1.29 is 14.7 Å². The first-order chi connectivity index (χ1) is 12.2. The average molecular weight is 373 g/mol. The van der Waals surface area contributed by atoms with E-state index in [4.69, 9.17) is 11.6 Å². The molecule has 0 bridgehead atoms. The normalized spacial score (nSPS) is 17.2. The molecule has 0 saturated carbocycles. The summed E-state index contributed by atoms with van der Waals surface area (Å²) in [6.45, 7) is 2.88. The van der Waals surface area contributed by atoms with Crippen LogP contribution in [0.3, 0.4) is 0 Å². The average Bonchev–Trinajstić information content (AvgIpc) is 2.83. The predicted molar refractivity (Wildman–Crippen MR) is 98.4 cm³/mol. The van der Waals surface area contributed by atoms with Crippen molar-refractivity contribution in [3.8, 4) is 0 Å². The van der Waals surface area contributed by atoms with E-state index in [1.165, 1.54) is 22.6 Å². The van der Waals surface area contributed by atoms with Crippen LogP contribution in [0.4, 0.5) is 5.69 Å². The zero-order chi connectivity index (χ0) is 19.2. The minimum Gasteiger partial charge on any atom is -0.509 e. The number of aromatic nitrogens is 1. The number of amides is 1. The molecule has 6 nitrogen and oxygen atoms in total. The highest BCUT2D eigenvalue weighted by Crippen LogP contribution is 2.40. The topological polar surface area (TPSA) is 79.6 Å². The first-order valence-electron chi connectivity index (χ1n) is 7.92. The summed E-state index contributed by atoms with van der Waals surface area (Å²) < 4.78 is 1.36. The number of Topliss-reactive ketones (excluding diaryl/α,β-unsaturated/α-hetero) is 1. The van der Waals surface area contributed by atoms with Gasteiger partial charge < -0.3 is 9.67 Å². The predicted octanol–water partition coefficient (Wildman–Crippen LogP) is 2.84. The molecule has 2 aromatic rings. The number of halogens is 1. The van der Waals surface area contributed by atoms with E-state index in [-0.39, 0.29) is 16.9 Å². The van der Waals surface area contributed by atoms with Crippen LogP contribution >= 0.6 is 11.6 Å². The molecule has 134 valence electrons. The van der Waals surface area contributed by atoms with E-state index in [9.17, 15) is 19.5 Å². The third-order valence-electron chi connectivity index (χ3n) is 4.37. The first kappa shape index (κ1) is 17.9. The summed E-state index contributed by atoms with van der Waals surface area (Å²) in [7, 11) is 1.58. The Bertz CT molecular complexity index is 979. The van der Waals surface area contributed by atoms with E-state index in [0.29, 0.717) is 21.8 Å². The Kier molecular flexibility index (Phi) is 4.46. The molecule has 1 aliphatic rings. The van der Waals surface area contributed by atoms with Crippen LogP contribution in [0.2, 0.25) is 5.02 Å². The van der Waals surface area contributed by atoms with Crippen LogP contribution < -0.4 is 10.5 Å². The summed E-state index contributed by atoms with van der Waals surface area (Å²) in [5, 5.41) is 11.1. The Labute approximate surface area is 154 Å². The van der Waals surface area contributed by atoms with E-state index in [2.05, 4.69) is 0 Å². The summed E-state index contributed by atoms with van der Waals surface area (Å²) in [4.78, 5) is 38.1. The number of ketones is 1. The number of hydrogen-bond donors (Lipinski definition) is 1. The second-order valence-corrected chi connectivity index (χ2v) is 6.68. The highest BCUT2D eigenvalue weighted by atomic mass is 35.5. The van der Waals surface area contributed by atoms with Gasteiger partial charge in [-0.25, -0.2) is 0 Å². The molecular formula is C19H17ClN2O4. The minimum atomic E-state index is -0.865. The molecule has 1 unspecified atom stereocenters. The fourth-order valence-electron chi connectivity index (χ4n) is 3.14. The Morgan fingerprint density at radius 3 is 2.35 bits per heavy atom. The fourth-order valence-corrected chi connectivity index (χ4v) is 3.27. The van der Waals surface area contributed by atoms with Gasteiger partial charge in [-0.05, 0) is 37.6 Å². The minimum absolute atomic E-state index is 0.188. The van der Waals surface area contributed by atoms with Crippen LogP contribution in [-0.2, 0) is 16.6 Å². The molecular weight excluding hydrogens is 356 g/mol. The van der Waals surface area contributed by atoms with Crippen molar-refractivity contribution in [1.82, 2.24) is 4.57 Å². The molecule has 0 spiro atoms. The molecule has 2 heterocycles. The lowest BCUT2D eigenvalue weighted by atomic mass is 10.0. The van der Waals surface area contributed by atoms with E-state index >= 15 is 0 Å². The van der Waals surface area contributed by atoms with Gasteiger partial charge in [0.05, 0.1) is 5.69 Å². The largest absolute Gasteiger partial charge is 0.509 e. The summed E-state index contributed by atoms with van der Waals surface area (Å²) in [5.41, 5.74) is 1.02. The van der Waals surface area contributed by atoms with Gasteiger partial charge in [0, 0.05) is 23.8 Å². The third kappa shape index (κ3) is 2.82. The van der Waals surface area contributed by atoms with Crippen LogP contribution in [0.25, 0.3) is 0 Å². The number of hydrogen-bond acceptors (Lipinski definition) is 4. The molecule has 0 radical (unpaired) electrons. The van der Waals surface area contributed by atoms with E-state index in [1.54, 1.807) is 44.3 Å². The summed E-state index contributed by atoms with van der Waals surface area (Å²) in [5.74, 6) is -1.43. The summed E-state index contributed by atoms with van der Waals surface area (Å²) in [6, 6.07) is 7.35. The molecule has 1 atom stereocenters. The number of benzene rings is 1. The SMILES string of the molecule is CC(=O)C1=C(O)C(c2ccc(Cl)cc2)N(c2cc(C)c(=O)n(C)c2)C1=O. The number of carbonyl (C=O) groups excluding carboxylic acids is 2. The lowest BCUT2D eigenvalue weighted by molar-refractivity contribution is -0.119. The van der Waals surface area contributed by atoms with Gasteiger partial charge in [-0.15, -0.1) is 0 Å². The molecule has 1 aromatic heterocycles. The maximum atomic E-state index is 12.9. The molecule has 3 rings (SSSR count). The lowest BCUT2D eigenvalue weighted by Crippen LogP contribution is -2.32. The monoisotopic (exact) mass is 372 g/mol. The van der Waals surface area contributed by atoms with Crippen LogP contribution in [0.1, 0.15) is 24.1 Å².